The summed E-state index contributed by atoms with van der Waals surface area (Å²) in [4.78, 5) is 0. The lowest BCUT2D eigenvalue weighted by atomic mass is 9.84. The molecule has 2 heteroatoms. The van der Waals surface area contributed by atoms with Gasteiger partial charge in [0.25, 0.3) is 0 Å². The number of hydrogen-bond donors (Lipinski definition) is 1. The molecular formula is C9H18ClN. The predicted molar refractivity (Wildman–Crippen MR) is 49.8 cm³/mol. The summed E-state index contributed by atoms with van der Waals surface area (Å²) in [7, 11) is 0. The minimum absolute atomic E-state index is 0. The van der Waals surface area contributed by atoms with Gasteiger partial charge in [-0.2, -0.15) is 0 Å². The van der Waals surface area contributed by atoms with E-state index in [9.17, 15) is 0 Å². The van der Waals surface area contributed by atoms with E-state index in [0.717, 1.165) is 17.8 Å². The molecule has 2 fully saturated rings. The first-order valence-electron chi connectivity index (χ1n) is 4.53. The van der Waals surface area contributed by atoms with Crippen LogP contribution in [0.2, 0.25) is 0 Å². The third-order valence-electron chi connectivity index (χ3n) is 3.47. The molecule has 66 valence electrons. The maximum Gasteiger partial charge on any atom is 0.00415 e. The summed E-state index contributed by atoms with van der Waals surface area (Å²) in [5, 5.41) is 0. The lowest BCUT2D eigenvalue weighted by Gasteiger charge is -2.24. The van der Waals surface area contributed by atoms with Gasteiger partial charge in [-0.3, -0.25) is 0 Å². The Bertz CT molecular complexity index is 136. The Morgan fingerprint density at radius 2 is 2.00 bits per heavy atom. The molecule has 0 aliphatic heterocycles. The summed E-state index contributed by atoms with van der Waals surface area (Å²) in [6, 6.07) is 0.454. The molecule has 2 bridgehead atoms. The van der Waals surface area contributed by atoms with Crippen molar-refractivity contribution in [2.24, 2.45) is 23.5 Å². The van der Waals surface area contributed by atoms with Gasteiger partial charge in [-0.1, -0.05) is 6.42 Å². The van der Waals surface area contributed by atoms with Crippen LogP contribution in [0.5, 0.6) is 0 Å². The zero-order valence-corrected chi connectivity index (χ0v) is 7.94. The average molecular weight is 176 g/mol. The van der Waals surface area contributed by atoms with Crippen LogP contribution in [0.25, 0.3) is 0 Å². The van der Waals surface area contributed by atoms with Crippen LogP contribution in [0.4, 0.5) is 0 Å². The summed E-state index contributed by atoms with van der Waals surface area (Å²) in [6.45, 7) is 2.17. The van der Waals surface area contributed by atoms with E-state index in [4.69, 9.17) is 5.73 Å². The van der Waals surface area contributed by atoms with E-state index in [1.54, 1.807) is 0 Å². The molecule has 2 unspecified atom stereocenters. The Balaban J connectivity index is 0.000000605. The third kappa shape index (κ3) is 1.54. The molecule has 11 heavy (non-hydrogen) atoms. The van der Waals surface area contributed by atoms with Gasteiger partial charge in [-0.25, -0.2) is 0 Å². The number of fused-ring (bicyclic) bond motifs is 2. The van der Waals surface area contributed by atoms with Crippen molar-refractivity contribution in [3.05, 3.63) is 0 Å². The van der Waals surface area contributed by atoms with Crippen molar-refractivity contribution in [3.8, 4) is 0 Å². The molecule has 2 N–H and O–H groups in total. The monoisotopic (exact) mass is 175 g/mol. The summed E-state index contributed by atoms with van der Waals surface area (Å²) < 4.78 is 0. The lowest BCUT2D eigenvalue weighted by Crippen LogP contribution is -2.30. The van der Waals surface area contributed by atoms with Crippen molar-refractivity contribution < 1.29 is 0 Å². The van der Waals surface area contributed by atoms with E-state index in [2.05, 4.69) is 6.92 Å². The summed E-state index contributed by atoms with van der Waals surface area (Å²) in [6.07, 6.45) is 5.89. The van der Waals surface area contributed by atoms with Gasteiger partial charge in [0.1, 0.15) is 0 Å². The summed E-state index contributed by atoms with van der Waals surface area (Å²) in [5.41, 5.74) is 5.88. The molecule has 0 heterocycles. The van der Waals surface area contributed by atoms with Crippen molar-refractivity contribution in [3.63, 3.8) is 0 Å². The molecule has 0 amide bonds. The van der Waals surface area contributed by atoms with Crippen LogP contribution < -0.4 is 5.73 Å². The van der Waals surface area contributed by atoms with E-state index >= 15 is 0 Å². The molecule has 2 aliphatic rings. The van der Waals surface area contributed by atoms with Gasteiger partial charge in [0, 0.05) is 6.04 Å². The maximum atomic E-state index is 5.88. The molecule has 2 rings (SSSR count). The summed E-state index contributed by atoms with van der Waals surface area (Å²) >= 11 is 0. The largest absolute Gasteiger partial charge is 0.328 e. The molecule has 2 aliphatic carbocycles. The van der Waals surface area contributed by atoms with Crippen LogP contribution in [0.3, 0.4) is 0 Å². The fraction of sp³-hybridized carbons (Fsp3) is 1.00. The average Bonchev–Trinajstić information content (AvgIpc) is 2.44. The minimum atomic E-state index is 0. The molecule has 0 aromatic carbocycles. The first-order valence-corrected chi connectivity index (χ1v) is 4.53. The van der Waals surface area contributed by atoms with E-state index < -0.39 is 0 Å². The highest BCUT2D eigenvalue weighted by Gasteiger charge is 2.40. The first kappa shape index (κ1) is 9.34. The van der Waals surface area contributed by atoms with E-state index in [0.29, 0.717) is 6.04 Å². The number of rotatable bonds is 1. The van der Waals surface area contributed by atoms with Crippen LogP contribution in [0.15, 0.2) is 0 Å². The number of halogens is 1. The van der Waals surface area contributed by atoms with Crippen LogP contribution in [0.1, 0.15) is 32.6 Å². The third-order valence-corrected chi connectivity index (χ3v) is 3.47. The van der Waals surface area contributed by atoms with E-state index in [1.807, 2.05) is 0 Å². The Morgan fingerprint density at radius 3 is 2.27 bits per heavy atom. The van der Waals surface area contributed by atoms with Crippen molar-refractivity contribution in [2.75, 3.05) is 0 Å². The molecular weight excluding hydrogens is 158 g/mol. The zero-order chi connectivity index (χ0) is 7.14. The lowest BCUT2D eigenvalue weighted by molar-refractivity contribution is 0.293. The second kappa shape index (κ2) is 3.32. The fourth-order valence-electron chi connectivity index (χ4n) is 2.94. The highest BCUT2D eigenvalue weighted by Crippen LogP contribution is 2.49. The van der Waals surface area contributed by atoms with Crippen LogP contribution in [-0.4, -0.2) is 6.04 Å². The van der Waals surface area contributed by atoms with Crippen molar-refractivity contribution in [2.45, 2.75) is 38.6 Å². The van der Waals surface area contributed by atoms with Gasteiger partial charge in [-0.15, -0.1) is 12.4 Å². The molecule has 1 nitrogen and oxygen atoms in total. The fourth-order valence-corrected chi connectivity index (χ4v) is 2.94. The Kier molecular flexibility index (Phi) is 2.82. The van der Waals surface area contributed by atoms with Gasteiger partial charge in [0.2, 0.25) is 0 Å². The summed E-state index contributed by atoms with van der Waals surface area (Å²) in [5.74, 6) is 2.93. The predicted octanol–water partition coefficient (Wildman–Crippen LogP) is 2.19. The number of hydrogen-bond acceptors (Lipinski definition) is 1. The van der Waals surface area contributed by atoms with Crippen LogP contribution >= 0.6 is 12.4 Å². The second-order valence-electron chi connectivity index (χ2n) is 4.20. The molecule has 0 saturated heterocycles. The van der Waals surface area contributed by atoms with Crippen molar-refractivity contribution in [1.82, 2.24) is 0 Å². The second-order valence-corrected chi connectivity index (χ2v) is 4.20. The Labute approximate surface area is 75.1 Å². The Morgan fingerprint density at radius 1 is 1.27 bits per heavy atom. The van der Waals surface area contributed by atoms with Crippen molar-refractivity contribution in [1.29, 1.82) is 0 Å². The zero-order valence-electron chi connectivity index (χ0n) is 7.12. The quantitative estimate of drug-likeness (QED) is 0.650. The molecule has 2 saturated carbocycles. The molecule has 4 atom stereocenters. The van der Waals surface area contributed by atoms with Gasteiger partial charge >= 0.3 is 0 Å². The molecule has 0 aromatic heterocycles. The van der Waals surface area contributed by atoms with Gasteiger partial charge in [0.15, 0.2) is 0 Å². The topological polar surface area (TPSA) is 26.0 Å². The highest BCUT2D eigenvalue weighted by atomic mass is 35.5. The van der Waals surface area contributed by atoms with E-state index in [-0.39, 0.29) is 12.4 Å². The highest BCUT2D eigenvalue weighted by molar-refractivity contribution is 5.85. The molecule has 0 spiro atoms. The maximum absolute atomic E-state index is 5.88. The van der Waals surface area contributed by atoms with Gasteiger partial charge < -0.3 is 5.73 Å². The smallest absolute Gasteiger partial charge is 0.00415 e. The van der Waals surface area contributed by atoms with Crippen LogP contribution in [-0.2, 0) is 0 Å². The standard InChI is InChI=1S/C9H17N.ClH/c1-6(10)9-5-7-2-3-8(9)4-7;/h6-9H,2-5,10H2,1H3;1H/t6?,7-,8+,9?;/m1./s1. The van der Waals surface area contributed by atoms with E-state index in [1.165, 1.54) is 25.7 Å². The first-order chi connectivity index (χ1) is 4.77. The van der Waals surface area contributed by atoms with Crippen molar-refractivity contribution >= 4 is 12.4 Å². The molecule has 0 radical (unpaired) electrons. The number of nitrogens with two attached hydrogens (primary N) is 1. The molecule has 0 aromatic rings. The van der Waals surface area contributed by atoms with Gasteiger partial charge in [0.05, 0.1) is 0 Å². The Hall–Kier alpha value is 0.250. The minimum Gasteiger partial charge on any atom is -0.328 e. The van der Waals surface area contributed by atoms with Gasteiger partial charge in [-0.05, 0) is 43.9 Å². The normalized spacial score (nSPS) is 43.6. The van der Waals surface area contributed by atoms with Crippen LogP contribution in [0, 0.1) is 17.8 Å². The SMILES string of the molecule is CC(N)C1C[C@@H]2CC[C@H]1C2.Cl.